The van der Waals surface area contributed by atoms with Crippen molar-refractivity contribution in [2.75, 3.05) is 0 Å². The van der Waals surface area contributed by atoms with E-state index in [2.05, 4.69) is 13.8 Å². The van der Waals surface area contributed by atoms with E-state index in [1.807, 2.05) is 0 Å². The Hall–Kier alpha value is 0. The second kappa shape index (κ2) is 5.61. The van der Waals surface area contributed by atoms with Crippen LogP contribution in [0.15, 0.2) is 0 Å². The Morgan fingerprint density at radius 3 is 2.42 bits per heavy atom. The van der Waals surface area contributed by atoms with Crippen molar-refractivity contribution in [1.82, 2.24) is 0 Å². The summed E-state index contributed by atoms with van der Waals surface area (Å²) in [5, 5.41) is 0. The summed E-state index contributed by atoms with van der Waals surface area (Å²) in [7, 11) is 0. The van der Waals surface area contributed by atoms with Crippen LogP contribution in [0.2, 0.25) is 0 Å². The van der Waals surface area contributed by atoms with E-state index < -0.39 is 0 Å². The Morgan fingerprint density at radius 2 is 1.75 bits per heavy atom. The van der Waals surface area contributed by atoms with E-state index >= 15 is 0 Å². The first-order chi connectivity index (χ1) is 5.88. The molecule has 0 heterocycles. The van der Waals surface area contributed by atoms with Crippen LogP contribution in [0.3, 0.4) is 0 Å². The third-order valence-electron chi connectivity index (χ3n) is 3.52. The van der Waals surface area contributed by atoms with E-state index in [0.29, 0.717) is 0 Å². The van der Waals surface area contributed by atoms with E-state index in [1.165, 1.54) is 51.4 Å². The van der Waals surface area contributed by atoms with Crippen LogP contribution in [0, 0.1) is 11.8 Å². The molecule has 0 spiro atoms. The maximum absolute atomic E-state index is 2.36. The summed E-state index contributed by atoms with van der Waals surface area (Å²) in [6.07, 6.45) is 11.8. The fourth-order valence-corrected chi connectivity index (χ4v) is 2.69. The molecule has 0 saturated heterocycles. The molecule has 0 N–H and O–H groups in total. The van der Waals surface area contributed by atoms with Crippen LogP contribution in [0.5, 0.6) is 0 Å². The largest absolute Gasteiger partial charge is 0.0654 e. The molecule has 1 unspecified atom stereocenters. The first-order valence-electron chi connectivity index (χ1n) is 5.88. The first kappa shape index (κ1) is 10.1. The van der Waals surface area contributed by atoms with Crippen molar-refractivity contribution in [2.24, 2.45) is 11.8 Å². The molecular weight excluding hydrogens is 144 g/mol. The zero-order chi connectivity index (χ0) is 8.81. The van der Waals surface area contributed by atoms with Gasteiger partial charge >= 0.3 is 0 Å². The van der Waals surface area contributed by atoms with Gasteiger partial charge in [-0.25, -0.2) is 0 Å². The molecule has 1 fully saturated rings. The Morgan fingerprint density at radius 1 is 1.00 bits per heavy atom. The predicted octanol–water partition coefficient (Wildman–Crippen LogP) is 4.39. The minimum Gasteiger partial charge on any atom is -0.0654 e. The van der Waals surface area contributed by atoms with E-state index in [4.69, 9.17) is 0 Å². The summed E-state index contributed by atoms with van der Waals surface area (Å²) in [6.45, 7) is 4.66. The van der Waals surface area contributed by atoms with Crippen LogP contribution in [0.4, 0.5) is 0 Å². The maximum Gasteiger partial charge on any atom is -0.0386 e. The Balaban J connectivity index is 2.12. The van der Waals surface area contributed by atoms with Crippen molar-refractivity contribution in [3.63, 3.8) is 0 Å². The molecule has 0 aromatic heterocycles. The van der Waals surface area contributed by atoms with Crippen LogP contribution in [-0.4, -0.2) is 0 Å². The van der Waals surface area contributed by atoms with Crippen LogP contribution >= 0.6 is 0 Å². The van der Waals surface area contributed by atoms with Gasteiger partial charge in [-0.2, -0.15) is 0 Å². The van der Waals surface area contributed by atoms with Crippen LogP contribution < -0.4 is 0 Å². The maximum atomic E-state index is 2.36. The molecule has 1 saturated carbocycles. The van der Waals surface area contributed by atoms with Crippen molar-refractivity contribution >= 4 is 0 Å². The van der Waals surface area contributed by atoms with Gasteiger partial charge in [0.2, 0.25) is 0 Å². The summed E-state index contributed by atoms with van der Waals surface area (Å²) in [6, 6.07) is 0. The third kappa shape index (κ3) is 2.80. The predicted molar refractivity (Wildman–Crippen MR) is 55.3 cm³/mol. The molecule has 0 aliphatic heterocycles. The average Bonchev–Trinajstić information content (AvgIpc) is 2.52. The molecule has 1 rings (SSSR count). The fraction of sp³-hybridized carbons (Fsp3) is 1.00. The molecule has 0 nitrogen and oxygen atoms in total. The monoisotopic (exact) mass is 168 g/mol. The van der Waals surface area contributed by atoms with Gasteiger partial charge in [0.05, 0.1) is 0 Å². The standard InChI is InChI=1S/C12H24/c1-3-5-6-8-12-10-7-9-11(12)4-2/h11-12H,3-10H2,1-2H3/t11?,12-/m1/s1. The second-order valence-corrected chi connectivity index (χ2v) is 4.36. The lowest BCUT2D eigenvalue weighted by atomic mass is 9.89. The molecular formula is C12H24. The van der Waals surface area contributed by atoms with Crippen molar-refractivity contribution in [3.8, 4) is 0 Å². The lowest BCUT2D eigenvalue weighted by Gasteiger charge is -2.17. The number of unbranched alkanes of at least 4 members (excludes halogenated alkanes) is 2. The zero-order valence-corrected chi connectivity index (χ0v) is 8.81. The van der Waals surface area contributed by atoms with Gasteiger partial charge in [0.25, 0.3) is 0 Å². The summed E-state index contributed by atoms with van der Waals surface area (Å²) >= 11 is 0. The molecule has 1 aliphatic carbocycles. The average molecular weight is 168 g/mol. The lowest BCUT2D eigenvalue weighted by molar-refractivity contribution is 0.344. The van der Waals surface area contributed by atoms with Gasteiger partial charge in [-0.15, -0.1) is 0 Å². The van der Waals surface area contributed by atoms with Crippen LogP contribution in [0.25, 0.3) is 0 Å². The molecule has 0 amide bonds. The van der Waals surface area contributed by atoms with E-state index in [-0.39, 0.29) is 0 Å². The highest BCUT2D eigenvalue weighted by Gasteiger charge is 2.24. The molecule has 2 atom stereocenters. The summed E-state index contributed by atoms with van der Waals surface area (Å²) in [4.78, 5) is 0. The minimum absolute atomic E-state index is 1.09. The van der Waals surface area contributed by atoms with E-state index in [1.54, 1.807) is 0 Å². The number of hydrogen-bond acceptors (Lipinski definition) is 0. The van der Waals surface area contributed by atoms with Crippen LogP contribution in [-0.2, 0) is 0 Å². The molecule has 72 valence electrons. The van der Waals surface area contributed by atoms with Crippen molar-refractivity contribution in [2.45, 2.75) is 65.2 Å². The molecule has 0 heteroatoms. The quantitative estimate of drug-likeness (QED) is 0.534. The van der Waals surface area contributed by atoms with Crippen molar-refractivity contribution < 1.29 is 0 Å². The molecule has 12 heavy (non-hydrogen) atoms. The normalized spacial score (nSPS) is 29.5. The fourth-order valence-electron chi connectivity index (χ4n) is 2.69. The summed E-state index contributed by atoms with van der Waals surface area (Å²) < 4.78 is 0. The number of rotatable bonds is 5. The van der Waals surface area contributed by atoms with Crippen molar-refractivity contribution in [3.05, 3.63) is 0 Å². The molecule has 0 bridgehead atoms. The molecule has 0 radical (unpaired) electrons. The van der Waals surface area contributed by atoms with Gasteiger partial charge in [0.15, 0.2) is 0 Å². The smallest absolute Gasteiger partial charge is 0.0386 e. The SMILES string of the molecule is CCCCC[C@@H]1CCCC1CC. The van der Waals surface area contributed by atoms with Gasteiger partial charge in [-0.1, -0.05) is 65.2 Å². The molecule has 1 aliphatic rings. The zero-order valence-electron chi connectivity index (χ0n) is 8.81. The van der Waals surface area contributed by atoms with E-state index in [0.717, 1.165) is 11.8 Å². The van der Waals surface area contributed by atoms with Crippen molar-refractivity contribution in [1.29, 1.82) is 0 Å². The minimum atomic E-state index is 1.09. The van der Waals surface area contributed by atoms with E-state index in [9.17, 15) is 0 Å². The molecule has 0 aromatic carbocycles. The Kier molecular flexibility index (Phi) is 4.72. The Labute approximate surface area is 77.7 Å². The highest BCUT2D eigenvalue weighted by atomic mass is 14.3. The van der Waals surface area contributed by atoms with Gasteiger partial charge in [0, 0.05) is 0 Å². The third-order valence-corrected chi connectivity index (χ3v) is 3.52. The molecule has 0 aromatic rings. The lowest BCUT2D eigenvalue weighted by Crippen LogP contribution is -2.06. The van der Waals surface area contributed by atoms with Gasteiger partial charge < -0.3 is 0 Å². The highest BCUT2D eigenvalue weighted by Crippen LogP contribution is 2.37. The Bertz CT molecular complexity index is 107. The first-order valence-corrected chi connectivity index (χ1v) is 5.88. The van der Waals surface area contributed by atoms with Gasteiger partial charge in [-0.3, -0.25) is 0 Å². The van der Waals surface area contributed by atoms with Crippen LogP contribution in [0.1, 0.15) is 65.2 Å². The highest BCUT2D eigenvalue weighted by molar-refractivity contribution is 4.76. The van der Waals surface area contributed by atoms with Gasteiger partial charge in [-0.05, 0) is 11.8 Å². The second-order valence-electron chi connectivity index (χ2n) is 4.36. The van der Waals surface area contributed by atoms with Gasteiger partial charge in [0.1, 0.15) is 0 Å². The topological polar surface area (TPSA) is 0 Å². The summed E-state index contributed by atoms with van der Waals surface area (Å²) in [5.74, 6) is 2.18. The summed E-state index contributed by atoms with van der Waals surface area (Å²) in [5.41, 5.74) is 0. The number of hydrogen-bond donors (Lipinski definition) is 0.